The Hall–Kier alpha value is -4.89. The van der Waals surface area contributed by atoms with Gasteiger partial charge in [0.1, 0.15) is 5.75 Å². The molecule has 0 aliphatic heterocycles. The van der Waals surface area contributed by atoms with E-state index in [1.807, 2.05) is 37.3 Å². The fourth-order valence-electron chi connectivity index (χ4n) is 3.89. The van der Waals surface area contributed by atoms with E-state index in [2.05, 4.69) is 11.4 Å². The third-order valence-electron chi connectivity index (χ3n) is 5.74. The quantitative estimate of drug-likeness (QED) is 0.392. The van der Waals surface area contributed by atoms with E-state index in [1.165, 1.54) is 0 Å². The summed E-state index contributed by atoms with van der Waals surface area (Å²) in [5, 5.41) is 12.3. The number of hydrogen-bond donors (Lipinski definition) is 2. The number of amides is 2. The molecule has 6 heteroatoms. The van der Waals surface area contributed by atoms with E-state index in [4.69, 9.17) is 10.5 Å². The highest BCUT2D eigenvalue weighted by Gasteiger charge is 2.18. The van der Waals surface area contributed by atoms with Crippen molar-refractivity contribution in [1.29, 1.82) is 5.26 Å². The van der Waals surface area contributed by atoms with Crippen molar-refractivity contribution in [1.82, 2.24) is 0 Å². The lowest BCUT2D eigenvalue weighted by molar-refractivity contribution is 0.0997. The van der Waals surface area contributed by atoms with Crippen molar-refractivity contribution >= 4 is 17.5 Å². The number of nitrogens with two attached hydrogens (primary N) is 1. The predicted molar refractivity (Wildman–Crippen MR) is 136 cm³/mol. The lowest BCUT2D eigenvalue weighted by atomic mass is 9.90. The van der Waals surface area contributed by atoms with Crippen LogP contribution in [-0.4, -0.2) is 18.9 Å². The molecule has 0 fully saturated rings. The van der Waals surface area contributed by atoms with Crippen LogP contribution in [0.2, 0.25) is 0 Å². The largest absolute Gasteiger partial charge is 0.497 e. The van der Waals surface area contributed by atoms with E-state index in [0.29, 0.717) is 33.7 Å². The van der Waals surface area contributed by atoms with Crippen molar-refractivity contribution in [2.45, 2.75) is 6.92 Å². The summed E-state index contributed by atoms with van der Waals surface area (Å²) in [6.45, 7) is 1.96. The van der Waals surface area contributed by atoms with Crippen molar-refractivity contribution < 1.29 is 14.3 Å². The van der Waals surface area contributed by atoms with Crippen molar-refractivity contribution in [3.05, 3.63) is 107 Å². The molecule has 0 aromatic heterocycles. The second-order valence-electron chi connectivity index (χ2n) is 8.03. The van der Waals surface area contributed by atoms with Crippen LogP contribution in [0, 0.1) is 18.3 Å². The van der Waals surface area contributed by atoms with E-state index in [0.717, 1.165) is 22.3 Å². The van der Waals surface area contributed by atoms with Gasteiger partial charge in [-0.3, -0.25) is 9.59 Å². The van der Waals surface area contributed by atoms with Gasteiger partial charge in [-0.05, 0) is 89.3 Å². The van der Waals surface area contributed by atoms with Crippen LogP contribution >= 0.6 is 0 Å². The highest BCUT2D eigenvalue weighted by Crippen LogP contribution is 2.33. The molecule has 0 heterocycles. The molecule has 0 aliphatic carbocycles. The Labute approximate surface area is 203 Å². The lowest BCUT2D eigenvalue weighted by Gasteiger charge is -2.16. The number of ether oxygens (including phenoxy) is 1. The van der Waals surface area contributed by atoms with Crippen LogP contribution in [0.5, 0.6) is 5.75 Å². The first-order chi connectivity index (χ1) is 16.9. The van der Waals surface area contributed by atoms with Gasteiger partial charge in [-0.1, -0.05) is 30.3 Å². The van der Waals surface area contributed by atoms with Gasteiger partial charge in [0, 0.05) is 16.8 Å². The number of nitriles is 1. The minimum atomic E-state index is -0.499. The van der Waals surface area contributed by atoms with Crippen LogP contribution in [0.4, 0.5) is 5.69 Å². The first-order valence-corrected chi connectivity index (χ1v) is 10.9. The van der Waals surface area contributed by atoms with Crippen LogP contribution in [0.25, 0.3) is 22.3 Å². The molecule has 4 aromatic carbocycles. The monoisotopic (exact) mass is 461 g/mol. The number of anilines is 1. The van der Waals surface area contributed by atoms with Gasteiger partial charge in [0.25, 0.3) is 5.91 Å². The molecule has 0 saturated carbocycles. The molecule has 0 aliphatic rings. The molecular weight excluding hydrogens is 438 g/mol. The summed E-state index contributed by atoms with van der Waals surface area (Å²) < 4.78 is 5.19. The lowest BCUT2D eigenvalue weighted by Crippen LogP contribution is -2.14. The Kier molecular flexibility index (Phi) is 6.61. The van der Waals surface area contributed by atoms with Crippen molar-refractivity contribution in [2.75, 3.05) is 12.4 Å². The van der Waals surface area contributed by atoms with Gasteiger partial charge < -0.3 is 15.8 Å². The summed E-state index contributed by atoms with van der Waals surface area (Å²) in [5.41, 5.74) is 11.5. The number of aryl methyl sites for hydroxylation is 1. The zero-order valence-corrected chi connectivity index (χ0v) is 19.3. The number of carbonyl (C=O) groups excluding carboxylic acids is 2. The maximum absolute atomic E-state index is 13.5. The Bertz CT molecular complexity index is 1450. The topological polar surface area (TPSA) is 105 Å². The van der Waals surface area contributed by atoms with E-state index in [9.17, 15) is 14.9 Å². The molecule has 6 nitrogen and oxygen atoms in total. The number of benzene rings is 4. The minimum Gasteiger partial charge on any atom is -0.497 e. The smallest absolute Gasteiger partial charge is 0.256 e. The van der Waals surface area contributed by atoms with E-state index in [-0.39, 0.29) is 5.91 Å². The van der Waals surface area contributed by atoms with Crippen LogP contribution in [0.15, 0.2) is 84.9 Å². The molecule has 0 atom stereocenters. The number of primary amides is 1. The second-order valence-corrected chi connectivity index (χ2v) is 8.03. The molecule has 2 amide bonds. The third-order valence-corrected chi connectivity index (χ3v) is 5.74. The maximum Gasteiger partial charge on any atom is 0.256 e. The fraction of sp³-hybridized carbons (Fsp3) is 0.0690. The maximum atomic E-state index is 13.5. The average molecular weight is 462 g/mol. The third kappa shape index (κ3) is 5.05. The van der Waals surface area contributed by atoms with Crippen LogP contribution < -0.4 is 15.8 Å². The zero-order valence-electron chi connectivity index (χ0n) is 19.3. The Morgan fingerprint density at radius 2 is 1.60 bits per heavy atom. The number of rotatable bonds is 6. The SMILES string of the molecule is COc1ccc(NC(=O)c2cc(-c3ccc(C(N)=O)cc3)c(C)cc2-c2cccc(C#N)c2)cc1. The van der Waals surface area contributed by atoms with E-state index >= 15 is 0 Å². The molecule has 35 heavy (non-hydrogen) atoms. The normalized spacial score (nSPS) is 10.3. The molecule has 172 valence electrons. The summed E-state index contributed by atoms with van der Waals surface area (Å²) in [6, 6.07) is 27.1. The van der Waals surface area contributed by atoms with E-state index in [1.54, 1.807) is 61.7 Å². The Morgan fingerprint density at radius 3 is 2.23 bits per heavy atom. The average Bonchev–Trinajstić information content (AvgIpc) is 2.89. The molecular formula is C29H23N3O3. The molecule has 0 unspecified atom stereocenters. The van der Waals surface area contributed by atoms with Crippen LogP contribution in [-0.2, 0) is 0 Å². The van der Waals surface area contributed by atoms with Crippen molar-refractivity contribution in [3.63, 3.8) is 0 Å². The van der Waals surface area contributed by atoms with Gasteiger partial charge >= 0.3 is 0 Å². The number of carbonyl (C=O) groups is 2. The zero-order chi connectivity index (χ0) is 24.9. The van der Waals surface area contributed by atoms with Gasteiger partial charge in [-0.2, -0.15) is 5.26 Å². The second kappa shape index (κ2) is 9.94. The highest BCUT2D eigenvalue weighted by molar-refractivity contribution is 6.10. The van der Waals surface area contributed by atoms with E-state index < -0.39 is 5.91 Å². The Morgan fingerprint density at radius 1 is 0.886 bits per heavy atom. The van der Waals surface area contributed by atoms with Gasteiger partial charge in [0.05, 0.1) is 18.7 Å². The molecule has 0 radical (unpaired) electrons. The number of methoxy groups -OCH3 is 1. The number of hydrogen-bond acceptors (Lipinski definition) is 4. The summed E-state index contributed by atoms with van der Waals surface area (Å²) in [6.07, 6.45) is 0. The Balaban J connectivity index is 1.82. The fourth-order valence-corrected chi connectivity index (χ4v) is 3.89. The van der Waals surface area contributed by atoms with Gasteiger partial charge in [-0.15, -0.1) is 0 Å². The molecule has 3 N–H and O–H groups in total. The van der Waals surface area contributed by atoms with Crippen molar-refractivity contribution in [3.8, 4) is 34.1 Å². The summed E-state index contributed by atoms with van der Waals surface area (Å²) in [5.74, 6) is -0.0999. The standard InChI is InChI=1S/C29H23N3O3/c1-18-14-26(22-5-3-4-19(15-22)17-30)27(29(34)32-23-10-12-24(35-2)13-11-23)16-25(18)20-6-8-21(9-7-20)28(31)33/h3-16H,1-2H3,(H2,31,33)(H,32,34). The summed E-state index contributed by atoms with van der Waals surface area (Å²) in [7, 11) is 1.58. The van der Waals surface area contributed by atoms with Crippen LogP contribution in [0.1, 0.15) is 31.8 Å². The molecule has 0 bridgehead atoms. The van der Waals surface area contributed by atoms with Crippen LogP contribution in [0.3, 0.4) is 0 Å². The summed E-state index contributed by atoms with van der Waals surface area (Å²) in [4.78, 5) is 25.0. The van der Waals surface area contributed by atoms with Gasteiger partial charge in [-0.25, -0.2) is 0 Å². The van der Waals surface area contributed by atoms with Crippen molar-refractivity contribution in [2.24, 2.45) is 5.73 Å². The number of nitrogens with zero attached hydrogens (tertiary/aromatic N) is 1. The first-order valence-electron chi connectivity index (χ1n) is 10.9. The first kappa shape index (κ1) is 23.3. The molecule has 4 rings (SSSR count). The molecule has 0 spiro atoms. The minimum absolute atomic E-state index is 0.289. The molecule has 0 saturated heterocycles. The predicted octanol–water partition coefficient (Wildman–Crippen LogP) is 5.56. The molecule has 4 aromatic rings. The van der Waals surface area contributed by atoms with Gasteiger partial charge in [0.15, 0.2) is 0 Å². The van der Waals surface area contributed by atoms with Gasteiger partial charge in [0.2, 0.25) is 5.91 Å². The summed E-state index contributed by atoms with van der Waals surface area (Å²) >= 11 is 0. The number of nitrogens with one attached hydrogen (secondary N) is 1. The highest BCUT2D eigenvalue weighted by atomic mass is 16.5.